The summed E-state index contributed by atoms with van der Waals surface area (Å²) in [6.45, 7) is 4.53. The Labute approximate surface area is 150 Å². The van der Waals surface area contributed by atoms with Crippen molar-refractivity contribution in [2.24, 2.45) is 0 Å². The summed E-state index contributed by atoms with van der Waals surface area (Å²) in [6.07, 6.45) is 0.0800. The van der Waals surface area contributed by atoms with Gasteiger partial charge in [0.25, 0.3) is 0 Å². The number of hydrogen-bond donors (Lipinski definition) is 1. The Bertz CT molecular complexity index is 652. The Kier molecular flexibility index (Phi) is 6.66. The summed E-state index contributed by atoms with van der Waals surface area (Å²) in [5.41, 5.74) is 1.38. The number of ether oxygens (including phenoxy) is 2. The van der Waals surface area contributed by atoms with Crippen molar-refractivity contribution in [3.63, 3.8) is 0 Å². The summed E-state index contributed by atoms with van der Waals surface area (Å²) in [7, 11) is 0. The number of benzene rings is 1. The van der Waals surface area contributed by atoms with E-state index in [4.69, 9.17) is 32.7 Å². The molecule has 0 aromatic heterocycles. The van der Waals surface area contributed by atoms with Crippen LogP contribution in [0.4, 0.5) is 0 Å². The molecule has 1 heterocycles. The molecule has 24 heavy (non-hydrogen) atoms. The minimum Gasteiger partial charge on any atom is -0.460 e. The molecule has 0 bridgehead atoms. The third-order valence-electron chi connectivity index (χ3n) is 3.70. The highest BCUT2D eigenvalue weighted by atomic mass is 35.5. The first kappa shape index (κ1) is 18.8. The van der Waals surface area contributed by atoms with Gasteiger partial charge in [0.15, 0.2) is 0 Å². The monoisotopic (exact) mass is 371 g/mol. The van der Waals surface area contributed by atoms with Crippen LogP contribution in [0.15, 0.2) is 29.5 Å². The standard InChI is InChI=1S/C17H19Cl2NO4/c1-3-23-7-8-24-17(22)15-10(2)20-14(21)9-11(15)16-12(18)5-4-6-13(16)19/h4-6,11H,3,7-9H2,1-2H3,(H,20,21). The predicted octanol–water partition coefficient (Wildman–Crippen LogP) is 3.45. The minimum absolute atomic E-state index is 0.0800. The summed E-state index contributed by atoms with van der Waals surface area (Å²) in [6, 6.07) is 5.08. The maximum Gasteiger partial charge on any atom is 0.336 e. The molecule has 0 fully saturated rings. The minimum atomic E-state index is -0.542. The maximum absolute atomic E-state index is 12.5. The summed E-state index contributed by atoms with van der Waals surface area (Å²) < 4.78 is 10.4. The zero-order valence-corrected chi connectivity index (χ0v) is 15.0. The molecule has 5 nitrogen and oxygen atoms in total. The molecule has 1 amide bonds. The van der Waals surface area contributed by atoms with E-state index in [9.17, 15) is 9.59 Å². The van der Waals surface area contributed by atoms with E-state index < -0.39 is 11.9 Å². The van der Waals surface area contributed by atoms with E-state index in [0.29, 0.717) is 40.1 Å². The van der Waals surface area contributed by atoms with E-state index in [0.717, 1.165) is 0 Å². The van der Waals surface area contributed by atoms with Crippen LogP contribution >= 0.6 is 23.2 Å². The largest absolute Gasteiger partial charge is 0.460 e. The Morgan fingerprint density at radius 2 is 1.96 bits per heavy atom. The first-order chi connectivity index (χ1) is 11.5. The van der Waals surface area contributed by atoms with Crippen LogP contribution in [0.5, 0.6) is 0 Å². The van der Waals surface area contributed by atoms with Gasteiger partial charge in [-0.15, -0.1) is 0 Å². The molecule has 1 unspecified atom stereocenters. The third-order valence-corrected chi connectivity index (χ3v) is 4.36. The van der Waals surface area contributed by atoms with Crippen molar-refractivity contribution >= 4 is 35.1 Å². The van der Waals surface area contributed by atoms with Gasteiger partial charge >= 0.3 is 5.97 Å². The van der Waals surface area contributed by atoms with Crippen molar-refractivity contribution in [1.29, 1.82) is 0 Å². The maximum atomic E-state index is 12.5. The Balaban J connectivity index is 2.32. The lowest BCUT2D eigenvalue weighted by Crippen LogP contribution is -2.34. The summed E-state index contributed by atoms with van der Waals surface area (Å²) in [5, 5.41) is 3.50. The Hall–Kier alpha value is -1.56. The number of allylic oxidation sites excluding steroid dienone is 1. The lowest BCUT2D eigenvalue weighted by atomic mass is 9.84. The van der Waals surface area contributed by atoms with E-state index in [1.165, 1.54) is 0 Å². The summed E-state index contributed by atoms with van der Waals surface area (Å²) in [5.74, 6) is -1.24. The summed E-state index contributed by atoms with van der Waals surface area (Å²) in [4.78, 5) is 24.5. The van der Waals surface area contributed by atoms with Crippen molar-refractivity contribution in [3.8, 4) is 0 Å². The number of hydrogen-bond acceptors (Lipinski definition) is 4. The zero-order chi connectivity index (χ0) is 17.7. The fourth-order valence-corrected chi connectivity index (χ4v) is 3.34. The second-order valence-corrected chi connectivity index (χ2v) is 6.13. The van der Waals surface area contributed by atoms with E-state index >= 15 is 0 Å². The number of carbonyl (C=O) groups excluding carboxylic acids is 2. The van der Waals surface area contributed by atoms with Gasteiger partial charge in [0.1, 0.15) is 6.61 Å². The molecular weight excluding hydrogens is 353 g/mol. The molecule has 0 saturated heterocycles. The van der Waals surface area contributed by atoms with Gasteiger partial charge in [0.05, 0.1) is 12.2 Å². The quantitative estimate of drug-likeness (QED) is 0.614. The van der Waals surface area contributed by atoms with Crippen LogP contribution in [-0.4, -0.2) is 31.7 Å². The fourth-order valence-electron chi connectivity index (χ4n) is 2.68. The second-order valence-electron chi connectivity index (χ2n) is 5.31. The van der Waals surface area contributed by atoms with Crippen molar-refractivity contribution in [2.75, 3.05) is 19.8 Å². The molecule has 0 aliphatic carbocycles. The highest BCUT2D eigenvalue weighted by Crippen LogP contribution is 2.40. The normalized spacial score (nSPS) is 17.7. The number of amides is 1. The van der Waals surface area contributed by atoms with Crippen molar-refractivity contribution in [2.45, 2.75) is 26.2 Å². The number of carbonyl (C=O) groups is 2. The van der Waals surface area contributed by atoms with Gasteiger partial charge in [-0.2, -0.15) is 0 Å². The van der Waals surface area contributed by atoms with Gasteiger partial charge in [0.2, 0.25) is 5.91 Å². The average Bonchev–Trinajstić information content (AvgIpc) is 2.50. The predicted molar refractivity (Wildman–Crippen MR) is 92.1 cm³/mol. The molecule has 7 heteroatoms. The lowest BCUT2D eigenvalue weighted by Gasteiger charge is -2.27. The molecule has 0 spiro atoms. The van der Waals surface area contributed by atoms with Crippen LogP contribution in [0.25, 0.3) is 0 Å². The molecule has 1 aliphatic rings. The van der Waals surface area contributed by atoms with Crippen LogP contribution < -0.4 is 5.32 Å². The van der Waals surface area contributed by atoms with E-state index in [1.54, 1.807) is 25.1 Å². The highest BCUT2D eigenvalue weighted by molar-refractivity contribution is 6.36. The molecule has 1 aromatic carbocycles. The zero-order valence-electron chi connectivity index (χ0n) is 13.5. The molecule has 2 rings (SSSR count). The molecule has 0 radical (unpaired) electrons. The Morgan fingerprint density at radius 3 is 2.58 bits per heavy atom. The smallest absolute Gasteiger partial charge is 0.336 e. The second kappa shape index (κ2) is 8.51. The van der Waals surface area contributed by atoms with Crippen LogP contribution in [0.3, 0.4) is 0 Å². The van der Waals surface area contributed by atoms with Crippen LogP contribution in [0.2, 0.25) is 10.0 Å². The lowest BCUT2D eigenvalue weighted by molar-refractivity contribution is -0.141. The third kappa shape index (κ3) is 4.29. The van der Waals surface area contributed by atoms with E-state index in [1.807, 2.05) is 6.92 Å². The van der Waals surface area contributed by atoms with Gasteiger partial charge in [-0.3, -0.25) is 4.79 Å². The molecule has 130 valence electrons. The number of rotatable bonds is 6. The van der Waals surface area contributed by atoms with Crippen molar-refractivity contribution < 1.29 is 19.1 Å². The molecule has 1 atom stereocenters. The average molecular weight is 372 g/mol. The van der Waals surface area contributed by atoms with Crippen LogP contribution in [0.1, 0.15) is 31.7 Å². The van der Waals surface area contributed by atoms with E-state index in [2.05, 4.69) is 5.32 Å². The molecule has 1 aliphatic heterocycles. The van der Waals surface area contributed by atoms with Gasteiger partial charge in [-0.05, 0) is 31.5 Å². The number of halogens is 2. The highest BCUT2D eigenvalue weighted by Gasteiger charge is 2.35. The van der Waals surface area contributed by atoms with Crippen LogP contribution in [-0.2, 0) is 19.1 Å². The Morgan fingerprint density at radius 1 is 1.29 bits per heavy atom. The van der Waals surface area contributed by atoms with Gasteiger partial charge < -0.3 is 14.8 Å². The topological polar surface area (TPSA) is 64.6 Å². The van der Waals surface area contributed by atoms with Gasteiger partial charge in [-0.1, -0.05) is 29.3 Å². The number of nitrogens with one attached hydrogen (secondary N) is 1. The van der Waals surface area contributed by atoms with Gasteiger partial charge in [-0.25, -0.2) is 4.79 Å². The van der Waals surface area contributed by atoms with Crippen molar-refractivity contribution in [1.82, 2.24) is 5.32 Å². The van der Waals surface area contributed by atoms with Crippen molar-refractivity contribution in [3.05, 3.63) is 45.1 Å². The van der Waals surface area contributed by atoms with Gasteiger partial charge in [0, 0.05) is 34.7 Å². The molecule has 1 aromatic rings. The van der Waals surface area contributed by atoms with E-state index in [-0.39, 0.29) is 18.9 Å². The fraction of sp³-hybridized carbons (Fsp3) is 0.412. The number of esters is 1. The van der Waals surface area contributed by atoms with Crippen LogP contribution in [0, 0.1) is 0 Å². The molecular formula is C17H19Cl2NO4. The first-order valence-corrected chi connectivity index (χ1v) is 8.40. The summed E-state index contributed by atoms with van der Waals surface area (Å²) >= 11 is 12.5. The SMILES string of the molecule is CCOCCOC(=O)C1=C(C)NC(=O)CC1c1c(Cl)cccc1Cl. The molecule has 0 saturated carbocycles. The molecule has 1 N–H and O–H groups in total. The first-order valence-electron chi connectivity index (χ1n) is 7.65.